The third-order valence-corrected chi connectivity index (χ3v) is 2.87. The first kappa shape index (κ1) is 5.79. The molecule has 2 heteroatoms. The maximum Gasteiger partial charge on any atom is 0.0395 e. The zero-order valence-corrected chi connectivity index (χ0v) is 7.66. The molecule has 0 amide bonds. The van der Waals surface area contributed by atoms with E-state index in [-0.39, 0.29) is 0 Å². The summed E-state index contributed by atoms with van der Waals surface area (Å²) in [5, 5.41) is 3.37. The van der Waals surface area contributed by atoms with Crippen molar-refractivity contribution in [2.75, 3.05) is 0 Å². The van der Waals surface area contributed by atoms with Crippen LogP contribution in [0.5, 0.6) is 0 Å². The highest BCUT2D eigenvalue weighted by molar-refractivity contribution is 7.11. The lowest BCUT2D eigenvalue weighted by atomic mass is 10.5. The van der Waals surface area contributed by atoms with Crippen LogP contribution in [0.4, 0.5) is 0 Å². The summed E-state index contributed by atoms with van der Waals surface area (Å²) in [5.74, 6) is 0. The van der Waals surface area contributed by atoms with Crippen molar-refractivity contribution in [2.24, 2.45) is 0 Å². The van der Waals surface area contributed by atoms with Gasteiger partial charge in [0.2, 0.25) is 0 Å². The van der Waals surface area contributed by atoms with Crippen LogP contribution in [0.3, 0.4) is 0 Å². The van der Waals surface area contributed by atoms with Crippen LogP contribution in [-0.2, 0) is 0 Å². The molecule has 0 N–H and O–H groups in total. The van der Waals surface area contributed by atoms with Gasteiger partial charge in [0, 0.05) is 15.1 Å². The second-order valence-electron chi connectivity index (χ2n) is 1.76. The third kappa shape index (κ3) is 1.08. The highest BCUT2D eigenvalue weighted by Crippen LogP contribution is 2.14. The van der Waals surface area contributed by atoms with Gasteiger partial charge in [0.05, 0.1) is 0 Å². The molecule has 1 aromatic rings. The minimum atomic E-state index is 1.09. The number of hydrogen-bond acceptors (Lipinski definition) is 1. The van der Waals surface area contributed by atoms with Gasteiger partial charge in [-0.25, -0.2) is 0 Å². The Morgan fingerprint density at radius 2 is 2.50 bits per heavy atom. The first-order chi connectivity index (χ1) is 3.80. The predicted octanol–water partition coefficient (Wildman–Crippen LogP) is 1.08. The summed E-state index contributed by atoms with van der Waals surface area (Å²) in [5.41, 5.74) is 0. The molecule has 0 nitrogen and oxygen atoms in total. The molecule has 0 saturated heterocycles. The lowest BCUT2D eigenvalue weighted by Gasteiger charge is -1.86. The normalized spacial score (nSPS) is 9.50. The van der Waals surface area contributed by atoms with Gasteiger partial charge in [-0.1, -0.05) is 17.8 Å². The molecule has 1 aromatic heterocycles. The molecule has 0 saturated carbocycles. The van der Waals surface area contributed by atoms with E-state index in [9.17, 15) is 0 Å². The highest BCUT2D eigenvalue weighted by atomic mass is 32.1. The van der Waals surface area contributed by atoms with Gasteiger partial charge in [-0.3, -0.25) is 0 Å². The summed E-state index contributed by atoms with van der Waals surface area (Å²) in [6.45, 7) is 3.87. The van der Waals surface area contributed by atoms with Crippen molar-refractivity contribution in [2.45, 2.75) is 0 Å². The van der Waals surface area contributed by atoms with E-state index < -0.39 is 0 Å². The van der Waals surface area contributed by atoms with Crippen molar-refractivity contribution < 1.29 is 0 Å². The largest absolute Gasteiger partial charge is 0.145 e. The number of thiophene rings is 1. The molecule has 0 fully saturated rings. The van der Waals surface area contributed by atoms with E-state index in [2.05, 4.69) is 24.1 Å². The molecular formula is C6H8SSi. The molecule has 0 aliphatic heterocycles. The van der Waals surface area contributed by atoms with Crippen molar-refractivity contribution >= 4 is 26.8 Å². The van der Waals surface area contributed by atoms with Gasteiger partial charge in [0.15, 0.2) is 0 Å². The van der Waals surface area contributed by atoms with Crippen LogP contribution in [0.15, 0.2) is 24.1 Å². The minimum absolute atomic E-state index is 1.09. The van der Waals surface area contributed by atoms with Gasteiger partial charge in [-0.15, -0.1) is 11.3 Å². The fourth-order valence-corrected chi connectivity index (χ4v) is 1.70. The summed E-state index contributed by atoms with van der Waals surface area (Å²) in [7, 11) is 1.09. The molecule has 0 unspecified atom stereocenters. The Balaban J connectivity index is 2.93. The molecule has 8 heavy (non-hydrogen) atoms. The average Bonchev–Trinajstić information content (AvgIpc) is 2.12. The Morgan fingerprint density at radius 3 is 2.75 bits per heavy atom. The fraction of sp³-hybridized carbons (Fsp3) is 0. The summed E-state index contributed by atoms with van der Waals surface area (Å²) in [4.78, 5) is 1.34. The van der Waals surface area contributed by atoms with Gasteiger partial charge >= 0.3 is 0 Å². The van der Waals surface area contributed by atoms with E-state index in [4.69, 9.17) is 0 Å². The minimum Gasteiger partial charge on any atom is -0.145 e. The summed E-state index contributed by atoms with van der Waals surface area (Å²) in [6.07, 6.45) is 0. The maximum atomic E-state index is 3.87. The van der Waals surface area contributed by atoms with Gasteiger partial charge in [0.1, 0.15) is 0 Å². The molecule has 0 aliphatic rings. The maximum absolute atomic E-state index is 3.87. The molecule has 0 aromatic carbocycles. The van der Waals surface area contributed by atoms with E-state index in [1.165, 1.54) is 10.1 Å². The zero-order valence-electron chi connectivity index (χ0n) is 4.85. The lowest BCUT2D eigenvalue weighted by molar-refractivity contribution is 1.95. The van der Waals surface area contributed by atoms with Crippen LogP contribution < -0.4 is 0 Å². The van der Waals surface area contributed by atoms with E-state index in [0.29, 0.717) is 0 Å². The molecule has 0 bridgehead atoms. The van der Waals surface area contributed by atoms with Gasteiger partial charge < -0.3 is 0 Å². The van der Waals surface area contributed by atoms with E-state index >= 15 is 0 Å². The van der Waals surface area contributed by atoms with Crippen LogP contribution in [0.25, 0.3) is 5.20 Å². The topological polar surface area (TPSA) is 0 Å². The first-order valence-corrected chi connectivity index (χ1v) is 4.38. The quantitative estimate of drug-likeness (QED) is 0.512. The second-order valence-corrected chi connectivity index (χ2v) is 3.91. The third-order valence-electron chi connectivity index (χ3n) is 0.942. The molecule has 1 rings (SSSR count). The van der Waals surface area contributed by atoms with Crippen molar-refractivity contribution in [1.29, 1.82) is 0 Å². The summed E-state index contributed by atoms with van der Waals surface area (Å²) in [6, 6.07) is 4.17. The van der Waals surface area contributed by atoms with Gasteiger partial charge in [-0.2, -0.15) is 0 Å². The van der Waals surface area contributed by atoms with Gasteiger partial charge in [0.25, 0.3) is 0 Å². The Kier molecular flexibility index (Phi) is 1.65. The molecule has 1 heterocycles. The van der Waals surface area contributed by atoms with Crippen LogP contribution in [0.1, 0.15) is 4.88 Å². The highest BCUT2D eigenvalue weighted by Gasteiger charge is 1.88. The van der Waals surface area contributed by atoms with Crippen LogP contribution in [0, 0.1) is 0 Å². The van der Waals surface area contributed by atoms with Crippen molar-refractivity contribution in [1.82, 2.24) is 0 Å². The second kappa shape index (κ2) is 2.28. The SMILES string of the molecule is C=C([SiH3])c1cccs1. The van der Waals surface area contributed by atoms with Crippen LogP contribution in [0.2, 0.25) is 0 Å². The molecular weight excluding hydrogens is 132 g/mol. The standard InChI is InChI=1S/C6H8SSi/c1-5(8)6-3-2-4-7-6/h2-4H,1H2,8H3. The Labute approximate surface area is 56.3 Å². The molecule has 0 aliphatic carbocycles. The Hall–Kier alpha value is -0.343. The van der Waals surface area contributed by atoms with Crippen LogP contribution in [-0.4, -0.2) is 10.2 Å². The summed E-state index contributed by atoms with van der Waals surface area (Å²) >= 11 is 1.77. The first-order valence-electron chi connectivity index (χ1n) is 2.50. The molecule has 42 valence electrons. The smallest absolute Gasteiger partial charge is 0.0395 e. The zero-order chi connectivity index (χ0) is 5.98. The average molecular weight is 140 g/mol. The summed E-state index contributed by atoms with van der Waals surface area (Å²) < 4.78 is 0. The lowest BCUT2D eigenvalue weighted by Crippen LogP contribution is -1.69. The van der Waals surface area contributed by atoms with E-state index in [0.717, 1.165) is 10.2 Å². The Morgan fingerprint density at radius 1 is 1.75 bits per heavy atom. The van der Waals surface area contributed by atoms with Gasteiger partial charge in [-0.05, 0) is 11.4 Å². The van der Waals surface area contributed by atoms with Crippen molar-refractivity contribution in [3.63, 3.8) is 0 Å². The fourth-order valence-electron chi connectivity index (χ4n) is 0.521. The monoisotopic (exact) mass is 140 g/mol. The Bertz CT molecular complexity index is 176. The molecule has 0 radical (unpaired) electrons. The van der Waals surface area contributed by atoms with Crippen LogP contribution >= 0.6 is 11.3 Å². The number of rotatable bonds is 1. The molecule has 0 spiro atoms. The van der Waals surface area contributed by atoms with E-state index in [1.807, 2.05) is 0 Å². The van der Waals surface area contributed by atoms with E-state index in [1.54, 1.807) is 11.3 Å². The predicted molar refractivity (Wildman–Crippen MR) is 43.3 cm³/mol. The molecule has 0 atom stereocenters. The number of hydrogen-bond donors (Lipinski definition) is 0. The van der Waals surface area contributed by atoms with Crippen molar-refractivity contribution in [3.8, 4) is 0 Å². The van der Waals surface area contributed by atoms with Crippen molar-refractivity contribution in [3.05, 3.63) is 29.0 Å².